The molecule has 0 N–H and O–H groups in total. The Balaban J connectivity index is 0.000000127. The van der Waals surface area contributed by atoms with Gasteiger partial charge in [0.25, 0.3) is 0 Å². The lowest BCUT2D eigenvalue weighted by molar-refractivity contribution is 1.21. The van der Waals surface area contributed by atoms with E-state index in [0.29, 0.717) is 0 Å². The van der Waals surface area contributed by atoms with Crippen molar-refractivity contribution in [3.05, 3.63) is 250 Å². The third-order valence-corrected chi connectivity index (χ3v) is 13.3. The van der Waals surface area contributed by atoms with Crippen LogP contribution >= 0.6 is 0 Å². The quantitative estimate of drug-likeness (QED) is 0.151. The summed E-state index contributed by atoms with van der Waals surface area (Å²) in [5.41, 5.74) is 17.3. The molecule has 0 radical (unpaired) electrons. The molecule has 0 saturated heterocycles. The first-order valence-corrected chi connectivity index (χ1v) is 24.6. The molecule has 0 aliphatic heterocycles. The predicted molar refractivity (Wildman–Crippen MR) is 307 cm³/mol. The Morgan fingerprint density at radius 3 is 0.833 bits per heavy atom. The fourth-order valence-electron chi connectivity index (χ4n) is 8.83. The van der Waals surface area contributed by atoms with Crippen molar-refractivity contribution in [2.75, 3.05) is 0 Å². The highest BCUT2D eigenvalue weighted by molar-refractivity contribution is 5.90. The normalized spacial score (nSPS) is 10.5. The number of pyridine rings is 6. The zero-order valence-electron chi connectivity index (χ0n) is 44.0. The number of aromatic nitrogens is 6. The van der Waals surface area contributed by atoms with Crippen molar-refractivity contribution in [2.24, 2.45) is 0 Å². The van der Waals surface area contributed by atoms with Crippen molar-refractivity contribution in [3.8, 4) is 0 Å². The summed E-state index contributed by atoms with van der Waals surface area (Å²) in [5.74, 6) is 0. The standard InChI is InChI=1S/6C11H11N/c2*1-8-3-4-9(2)11-7-12-6-5-10(8)11;2*1-8-5-6-9(2)11-10(8)4-3-7-12-11;2*1-8-7-12-9(2)11-6-4-3-5-10(8)11/h6*3-7H,1-2H3. The van der Waals surface area contributed by atoms with E-state index in [9.17, 15) is 0 Å². The molecule has 360 valence electrons. The molecule has 0 bridgehead atoms. The molecule has 0 saturated carbocycles. The summed E-state index contributed by atoms with van der Waals surface area (Å²) < 4.78 is 0. The number of benzene rings is 6. The maximum absolute atomic E-state index is 4.34. The molecule has 0 unspecified atom stereocenters. The Bertz CT molecular complexity index is 2910. The monoisotopic (exact) mass is 943 g/mol. The molecule has 6 aromatic heterocycles. The van der Waals surface area contributed by atoms with Gasteiger partial charge in [-0.05, 0) is 185 Å². The molecule has 0 spiro atoms. The summed E-state index contributed by atoms with van der Waals surface area (Å²) >= 11 is 0. The highest BCUT2D eigenvalue weighted by Gasteiger charge is 2.03. The molecular weight excluding hydrogens is 877 g/mol. The largest absolute Gasteiger partial charge is 0.264 e. The van der Waals surface area contributed by atoms with E-state index >= 15 is 0 Å². The molecule has 72 heavy (non-hydrogen) atoms. The number of hydrogen-bond donors (Lipinski definition) is 0. The van der Waals surface area contributed by atoms with Crippen LogP contribution in [-0.4, -0.2) is 29.9 Å². The summed E-state index contributed by atoms with van der Waals surface area (Å²) in [5, 5.41) is 12.8. The van der Waals surface area contributed by atoms with Crippen LogP contribution in [0.3, 0.4) is 0 Å². The molecule has 6 heterocycles. The molecule has 0 aliphatic rings. The minimum absolute atomic E-state index is 1.11. The molecule has 12 aromatic rings. The van der Waals surface area contributed by atoms with Crippen LogP contribution in [0.5, 0.6) is 0 Å². The van der Waals surface area contributed by atoms with Gasteiger partial charge in [0.15, 0.2) is 0 Å². The Morgan fingerprint density at radius 1 is 0.208 bits per heavy atom. The molecule has 6 heteroatoms. The first kappa shape index (κ1) is 51.6. The minimum atomic E-state index is 1.11. The van der Waals surface area contributed by atoms with Crippen LogP contribution in [0.4, 0.5) is 0 Å². The van der Waals surface area contributed by atoms with E-state index in [0.717, 1.165) is 22.4 Å². The third-order valence-electron chi connectivity index (χ3n) is 13.3. The van der Waals surface area contributed by atoms with Crippen LogP contribution in [0.2, 0.25) is 0 Å². The molecule has 6 nitrogen and oxygen atoms in total. The minimum Gasteiger partial charge on any atom is -0.264 e. The summed E-state index contributed by atoms with van der Waals surface area (Å²) in [4.78, 5) is 25.5. The maximum atomic E-state index is 4.34. The topological polar surface area (TPSA) is 77.3 Å². The average Bonchev–Trinajstić information content (AvgIpc) is 3.42. The van der Waals surface area contributed by atoms with Gasteiger partial charge < -0.3 is 0 Å². The smallest absolute Gasteiger partial charge is 0.0733 e. The van der Waals surface area contributed by atoms with E-state index < -0.39 is 0 Å². The van der Waals surface area contributed by atoms with Crippen molar-refractivity contribution >= 4 is 64.9 Å². The zero-order valence-corrected chi connectivity index (χ0v) is 44.0. The van der Waals surface area contributed by atoms with Gasteiger partial charge in [0, 0.05) is 93.3 Å². The molecule has 0 aliphatic carbocycles. The van der Waals surface area contributed by atoms with Crippen LogP contribution in [0.1, 0.15) is 67.0 Å². The van der Waals surface area contributed by atoms with E-state index in [1.807, 2.05) is 75.6 Å². The fourth-order valence-corrected chi connectivity index (χ4v) is 8.83. The van der Waals surface area contributed by atoms with Gasteiger partial charge in [-0.1, -0.05) is 109 Å². The second kappa shape index (κ2) is 24.1. The van der Waals surface area contributed by atoms with Crippen molar-refractivity contribution < 1.29 is 0 Å². The second-order valence-electron chi connectivity index (χ2n) is 18.6. The van der Waals surface area contributed by atoms with Crippen LogP contribution in [-0.2, 0) is 0 Å². The summed E-state index contributed by atoms with van der Waals surface area (Å²) in [6, 6.07) is 46.2. The van der Waals surface area contributed by atoms with Crippen LogP contribution in [0, 0.1) is 83.1 Å². The Kier molecular flexibility index (Phi) is 17.3. The summed E-state index contributed by atoms with van der Waals surface area (Å²) in [6.45, 7) is 25.2. The van der Waals surface area contributed by atoms with E-state index in [-0.39, 0.29) is 0 Å². The van der Waals surface area contributed by atoms with Gasteiger partial charge in [-0.3, -0.25) is 29.9 Å². The lowest BCUT2D eigenvalue weighted by atomic mass is 10.0. The maximum Gasteiger partial charge on any atom is 0.0733 e. The Hall–Kier alpha value is -8.22. The van der Waals surface area contributed by atoms with Crippen molar-refractivity contribution in [1.29, 1.82) is 0 Å². The lowest BCUT2D eigenvalue weighted by Gasteiger charge is -2.03. The number of aryl methyl sites for hydroxylation is 12. The average molecular weight is 943 g/mol. The molecular formula is C66H66N6. The summed E-state index contributed by atoms with van der Waals surface area (Å²) in [7, 11) is 0. The van der Waals surface area contributed by atoms with E-state index in [1.165, 1.54) is 109 Å². The number of fused-ring (bicyclic) bond motifs is 6. The van der Waals surface area contributed by atoms with Gasteiger partial charge >= 0.3 is 0 Å². The Morgan fingerprint density at radius 2 is 0.500 bits per heavy atom. The lowest BCUT2D eigenvalue weighted by Crippen LogP contribution is -1.86. The molecule has 12 rings (SSSR count). The van der Waals surface area contributed by atoms with Gasteiger partial charge in [0.05, 0.1) is 11.0 Å². The van der Waals surface area contributed by atoms with Crippen LogP contribution in [0.15, 0.2) is 183 Å². The SMILES string of the molecule is Cc1ccc(C)c2cnccc12.Cc1ccc(C)c2cnccc12.Cc1ccc(C)c2ncccc12.Cc1ccc(C)c2ncccc12.Cc1cnc(C)c2ccccc12.Cc1cnc(C)c2ccccc12. The molecule has 0 amide bonds. The highest BCUT2D eigenvalue weighted by Crippen LogP contribution is 2.24. The first-order valence-electron chi connectivity index (χ1n) is 24.6. The second-order valence-corrected chi connectivity index (χ2v) is 18.6. The van der Waals surface area contributed by atoms with Gasteiger partial charge in [-0.25, -0.2) is 0 Å². The van der Waals surface area contributed by atoms with Crippen molar-refractivity contribution in [2.45, 2.75) is 83.1 Å². The predicted octanol–water partition coefficient (Wildman–Crippen LogP) is 17.1. The van der Waals surface area contributed by atoms with Crippen LogP contribution < -0.4 is 0 Å². The van der Waals surface area contributed by atoms with Crippen LogP contribution in [0.25, 0.3) is 64.9 Å². The van der Waals surface area contributed by atoms with Gasteiger partial charge in [-0.2, -0.15) is 0 Å². The van der Waals surface area contributed by atoms with E-state index in [1.54, 1.807) is 0 Å². The van der Waals surface area contributed by atoms with E-state index in [4.69, 9.17) is 0 Å². The van der Waals surface area contributed by atoms with Crippen molar-refractivity contribution in [3.63, 3.8) is 0 Å². The zero-order chi connectivity index (χ0) is 51.3. The fraction of sp³-hybridized carbons (Fsp3) is 0.182. The number of hydrogen-bond acceptors (Lipinski definition) is 6. The molecule has 6 aromatic carbocycles. The highest BCUT2D eigenvalue weighted by atomic mass is 14.7. The third kappa shape index (κ3) is 12.4. The summed E-state index contributed by atoms with van der Waals surface area (Å²) in [6.07, 6.45) is 15.1. The molecule has 0 atom stereocenters. The van der Waals surface area contributed by atoms with Crippen molar-refractivity contribution in [1.82, 2.24) is 29.9 Å². The van der Waals surface area contributed by atoms with Gasteiger partial charge in [0.1, 0.15) is 0 Å². The number of nitrogens with zero attached hydrogens (tertiary/aromatic N) is 6. The molecule has 0 fully saturated rings. The first-order chi connectivity index (χ1) is 34.7. The van der Waals surface area contributed by atoms with Gasteiger partial charge in [0.2, 0.25) is 0 Å². The van der Waals surface area contributed by atoms with Gasteiger partial charge in [-0.15, -0.1) is 0 Å². The van der Waals surface area contributed by atoms with E-state index in [2.05, 4.69) is 220 Å². The number of rotatable bonds is 0. The Labute approximate surface area is 426 Å².